The van der Waals surface area contributed by atoms with Crippen molar-refractivity contribution in [1.82, 2.24) is 10.2 Å². The van der Waals surface area contributed by atoms with Crippen molar-refractivity contribution >= 4 is 11.6 Å². The maximum Gasteiger partial charge on any atom is 0.278 e. The molecule has 2 rings (SSSR count). The zero-order valence-electron chi connectivity index (χ0n) is 11.9. The van der Waals surface area contributed by atoms with Crippen LogP contribution in [0.3, 0.4) is 0 Å². The highest BCUT2D eigenvalue weighted by molar-refractivity contribution is 6.04. The van der Waals surface area contributed by atoms with Gasteiger partial charge in [-0.2, -0.15) is 5.10 Å². The lowest BCUT2D eigenvalue weighted by Crippen LogP contribution is -2.34. The summed E-state index contributed by atoms with van der Waals surface area (Å²) < 4.78 is 0. The van der Waals surface area contributed by atoms with Crippen molar-refractivity contribution in [3.05, 3.63) is 58.0 Å². The molecule has 1 aromatic carbocycles. The van der Waals surface area contributed by atoms with Gasteiger partial charge in [0.25, 0.3) is 11.5 Å². The molecule has 0 saturated heterocycles. The Morgan fingerprint density at radius 3 is 2.52 bits per heavy atom. The average Bonchev–Trinajstić information content (AvgIpc) is 2.50. The van der Waals surface area contributed by atoms with Crippen LogP contribution in [-0.2, 0) is 0 Å². The Labute approximate surface area is 122 Å². The number of nitrogens with zero attached hydrogens (tertiary/aromatic N) is 2. The molecule has 3 N–H and O–H groups in total. The van der Waals surface area contributed by atoms with Crippen LogP contribution in [0, 0.1) is 6.92 Å². The monoisotopic (exact) mass is 286 g/mol. The molecule has 6 heteroatoms. The molecule has 2 aromatic rings. The van der Waals surface area contributed by atoms with Gasteiger partial charge in [0.1, 0.15) is 5.69 Å². The number of anilines is 1. The second-order valence-corrected chi connectivity index (χ2v) is 4.74. The van der Waals surface area contributed by atoms with Gasteiger partial charge in [0.2, 0.25) is 0 Å². The number of hydrogen-bond acceptors (Lipinski definition) is 4. The third-order valence-electron chi connectivity index (χ3n) is 3.07. The van der Waals surface area contributed by atoms with Gasteiger partial charge in [-0.15, -0.1) is 0 Å². The van der Waals surface area contributed by atoms with Crippen LogP contribution in [0.4, 0.5) is 5.69 Å². The number of H-pyrrole nitrogens is 1. The number of nitrogens with one attached hydrogen (secondary N) is 1. The van der Waals surface area contributed by atoms with Crippen LogP contribution < -0.4 is 16.2 Å². The van der Waals surface area contributed by atoms with Gasteiger partial charge in [-0.3, -0.25) is 9.59 Å². The van der Waals surface area contributed by atoms with E-state index in [1.807, 2.05) is 31.2 Å². The molecule has 6 nitrogen and oxygen atoms in total. The third kappa shape index (κ3) is 3.76. The van der Waals surface area contributed by atoms with Crippen molar-refractivity contribution in [1.29, 1.82) is 0 Å². The van der Waals surface area contributed by atoms with E-state index >= 15 is 0 Å². The van der Waals surface area contributed by atoms with E-state index in [2.05, 4.69) is 10.2 Å². The molecule has 1 heterocycles. The van der Waals surface area contributed by atoms with Gasteiger partial charge in [0.15, 0.2) is 0 Å². The number of nitrogens with two attached hydrogens (primary N) is 1. The van der Waals surface area contributed by atoms with Crippen molar-refractivity contribution in [3.8, 4) is 0 Å². The predicted octanol–water partition coefficient (Wildman–Crippen LogP) is 1.07. The number of aromatic amines is 1. The zero-order valence-corrected chi connectivity index (χ0v) is 11.9. The first-order chi connectivity index (χ1) is 10.1. The summed E-state index contributed by atoms with van der Waals surface area (Å²) in [7, 11) is 0. The fourth-order valence-corrected chi connectivity index (χ4v) is 1.92. The van der Waals surface area contributed by atoms with Gasteiger partial charge in [0.05, 0.1) is 0 Å². The molecule has 21 heavy (non-hydrogen) atoms. The van der Waals surface area contributed by atoms with E-state index < -0.39 is 0 Å². The summed E-state index contributed by atoms with van der Waals surface area (Å²) >= 11 is 0. The SMILES string of the molecule is Cc1ccc(N(CCCN)C(=O)c2ccc(=O)[nH]n2)cc1. The number of aryl methyl sites for hydroxylation is 1. The fourth-order valence-electron chi connectivity index (χ4n) is 1.92. The summed E-state index contributed by atoms with van der Waals surface area (Å²) in [6, 6.07) is 10.4. The van der Waals surface area contributed by atoms with Crippen LogP contribution in [0.5, 0.6) is 0 Å². The summed E-state index contributed by atoms with van der Waals surface area (Å²) in [5.41, 5.74) is 7.30. The molecule has 0 unspecified atom stereocenters. The van der Waals surface area contributed by atoms with Gasteiger partial charge in [0, 0.05) is 18.3 Å². The standard InChI is InChI=1S/C15H18N4O2/c1-11-3-5-12(6-4-11)19(10-2-9-16)15(21)13-7-8-14(20)18-17-13/h3-8H,2,9-10,16H2,1H3,(H,18,20). The van der Waals surface area contributed by atoms with Gasteiger partial charge in [-0.05, 0) is 38.1 Å². The Morgan fingerprint density at radius 2 is 1.95 bits per heavy atom. The average molecular weight is 286 g/mol. The molecule has 0 saturated carbocycles. The van der Waals surface area contributed by atoms with Gasteiger partial charge >= 0.3 is 0 Å². The van der Waals surface area contributed by atoms with Crippen LogP contribution in [0.2, 0.25) is 0 Å². The highest BCUT2D eigenvalue weighted by Crippen LogP contribution is 2.17. The van der Waals surface area contributed by atoms with Crippen LogP contribution in [0.1, 0.15) is 22.5 Å². The lowest BCUT2D eigenvalue weighted by Gasteiger charge is -2.22. The number of amides is 1. The maximum absolute atomic E-state index is 12.5. The first-order valence-electron chi connectivity index (χ1n) is 6.76. The highest BCUT2D eigenvalue weighted by Gasteiger charge is 2.18. The fraction of sp³-hybridized carbons (Fsp3) is 0.267. The maximum atomic E-state index is 12.5. The number of benzene rings is 1. The summed E-state index contributed by atoms with van der Waals surface area (Å²) in [6.45, 7) is 2.98. The van der Waals surface area contributed by atoms with E-state index in [4.69, 9.17) is 5.73 Å². The molecule has 0 radical (unpaired) electrons. The Kier molecular flexibility index (Phi) is 4.84. The van der Waals surface area contributed by atoms with Gasteiger partial charge in [-0.25, -0.2) is 5.10 Å². The largest absolute Gasteiger partial charge is 0.330 e. The van der Waals surface area contributed by atoms with E-state index in [0.29, 0.717) is 19.5 Å². The zero-order chi connectivity index (χ0) is 15.2. The molecular weight excluding hydrogens is 268 g/mol. The van der Waals surface area contributed by atoms with E-state index in [9.17, 15) is 9.59 Å². The molecule has 0 bridgehead atoms. The van der Waals surface area contributed by atoms with Gasteiger partial charge in [-0.1, -0.05) is 17.7 Å². The second kappa shape index (κ2) is 6.81. The number of aromatic nitrogens is 2. The summed E-state index contributed by atoms with van der Waals surface area (Å²) in [5, 5.41) is 6.06. The lowest BCUT2D eigenvalue weighted by molar-refractivity contribution is 0.0981. The lowest BCUT2D eigenvalue weighted by atomic mass is 10.2. The smallest absolute Gasteiger partial charge is 0.278 e. The number of carbonyl (C=O) groups is 1. The molecule has 0 spiro atoms. The Bertz CT molecular complexity index is 644. The second-order valence-electron chi connectivity index (χ2n) is 4.74. The molecule has 0 aliphatic rings. The van der Waals surface area contributed by atoms with E-state index in [1.165, 1.54) is 12.1 Å². The van der Waals surface area contributed by atoms with Crippen LogP contribution in [0.15, 0.2) is 41.2 Å². The molecule has 0 fully saturated rings. The topological polar surface area (TPSA) is 92.1 Å². The van der Waals surface area contributed by atoms with Crippen LogP contribution >= 0.6 is 0 Å². The van der Waals surface area contributed by atoms with Crippen molar-refractivity contribution in [2.24, 2.45) is 5.73 Å². The molecule has 1 aromatic heterocycles. The molecule has 0 aliphatic heterocycles. The van der Waals surface area contributed by atoms with Crippen molar-refractivity contribution in [2.45, 2.75) is 13.3 Å². The molecule has 110 valence electrons. The minimum absolute atomic E-state index is 0.201. The normalized spacial score (nSPS) is 10.4. The first-order valence-corrected chi connectivity index (χ1v) is 6.76. The minimum atomic E-state index is -0.338. The number of rotatable bonds is 5. The van der Waals surface area contributed by atoms with Gasteiger partial charge < -0.3 is 10.6 Å². The van der Waals surface area contributed by atoms with Crippen LogP contribution in [-0.4, -0.2) is 29.2 Å². The molecule has 0 aliphatic carbocycles. The quantitative estimate of drug-likeness (QED) is 0.860. The molecular formula is C15H18N4O2. The molecule has 1 amide bonds. The summed E-state index contributed by atoms with van der Waals surface area (Å²) in [4.78, 5) is 25.2. The van der Waals surface area contributed by atoms with Crippen molar-refractivity contribution < 1.29 is 4.79 Å². The number of carbonyl (C=O) groups excluding carboxylic acids is 1. The Hall–Kier alpha value is -2.47. The number of hydrogen-bond donors (Lipinski definition) is 2. The van der Waals surface area contributed by atoms with E-state index in [0.717, 1.165) is 11.3 Å². The molecule has 0 atom stereocenters. The minimum Gasteiger partial charge on any atom is -0.330 e. The van der Waals surface area contributed by atoms with E-state index in [1.54, 1.807) is 4.90 Å². The van der Waals surface area contributed by atoms with E-state index in [-0.39, 0.29) is 17.2 Å². The summed E-state index contributed by atoms with van der Waals surface area (Å²) in [6.07, 6.45) is 0.684. The summed E-state index contributed by atoms with van der Waals surface area (Å²) in [5.74, 6) is -0.261. The van der Waals surface area contributed by atoms with Crippen molar-refractivity contribution in [2.75, 3.05) is 18.0 Å². The third-order valence-corrected chi connectivity index (χ3v) is 3.07. The first kappa shape index (κ1) is 14.9. The Morgan fingerprint density at radius 1 is 1.24 bits per heavy atom. The van der Waals surface area contributed by atoms with Crippen molar-refractivity contribution in [3.63, 3.8) is 0 Å². The highest BCUT2D eigenvalue weighted by atomic mass is 16.2. The van der Waals surface area contributed by atoms with Crippen LogP contribution in [0.25, 0.3) is 0 Å². The Balaban J connectivity index is 2.30. The predicted molar refractivity (Wildman–Crippen MR) is 81.4 cm³/mol.